The number of epoxide rings is 1. The van der Waals surface area contributed by atoms with Crippen LogP contribution in [0.15, 0.2) is 185 Å². The highest BCUT2D eigenvalue weighted by Crippen LogP contribution is 2.39. The smallest absolute Gasteiger partial charge is 0.373 e. The number of nitrogens with zero attached hydrogens (tertiary/aromatic N) is 4. The van der Waals surface area contributed by atoms with Crippen LogP contribution in [0.3, 0.4) is 0 Å². The molecule has 26 heteroatoms. The molecule has 7 aromatic rings. The van der Waals surface area contributed by atoms with Crippen molar-refractivity contribution in [3.05, 3.63) is 230 Å². The third-order valence-electron chi connectivity index (χ3n) is 24.2. The molecular formula is C116H178N8O18. The number of amidine groups is 1. The minimum atomic E-state index is -1.00. The number of benzene rings is 4. The number of aromatic amines is 1. The van der Waals surface area contributed by atoms with Crippen molar-refractivity contribution >= 4 is 59.7 Å². The fraction of sp³-hybridized carbons (Fsp3) is 0.595. The molecule has 2 saturated heterocycles. The summed E-state index contributed by atoms with van der Waals surface area (Å²) in [7, 11) is 0. The Bertz CT molecular complexity index is 5050. The van der Waals surface area contributed by atoms with Crippen LogP contribution in [0.4, 0.5) is 5.69 Å². The number of amides is 2. The Hall–Kier alpha value is -10.9. The van der Waals surface area contributed by atoms with E-state index in [1.807, 2.05) is 231 Å². The molecule has 142 heavy (non-hydrogen) atoms. The molecule has 0 saturated carbocycles. The molecule has 2 fully saturated rings. The third kappa shape index (κ3) is 52.4. The second-order valence-corrected chi connectivity index (χ2v) is 47.7. The second kappa shape index (κ2) is 60.0. The molecule has 9 rings (SSSR count). The molecular weight excluding hydrogens is 1790 g/mol. The molecule has 790 valence electrons. The fourth-order valence-corrected chi connectivity index (χ4v) is 16.3. The lowest BCUT2D eigenvalue weighted by atomic mass is 9.74. The van der Waals surface area contributed by atoms with Gasteiger partial charge in [0.2, 0.25) is 11.8 Å². The number of hydrogen-bond donors (Lipinski definition) is 8. The number of hydrogen-bond acceptors (Lipinski definition) is 18. The molecule has 0 aliphatic carbocycles. The van der Waals surface area contributed by atoms with E-state index in [1.54, 1.807) is 27.0 Å². The molecule has 2 aliphatic heterocycles. The Labute approximate surface area is 849 Å². The number of nitrogens with two attached hydrogens (primary N) is 1. The van der Waals surface area contributed by atoms with Gasteiger partial charge in [-0.25, -0.2) is 14.6 Å². The number of pyridine rings is 2. The van der Waals surface area contributed by atoms with Gasteiger partial charge in [0.15, 0.2) is 5.78 Å². The largest absolute Gasteiger partial charge is 0.481 e. The van der Waals surface area contributed by atoms with Crippen molar-refractivity contribution in [2.45, 2.75) is 348 Å². The van der Waals surface area contributed by atoms with Gasteiger partial charge in [0.25, 0.3) is 12.0 Å². The maximum atomic E-state index is 13.1. The fourth-order valence-electron chi connectivity index (χ4n) is 16.3. The van der Waals surface area contributed by atoms with E-state index in [-0.39, 0.29) is 98.0 Å². The lowest BCUT2D eigenvalue weighted by Gasteiger charge is -2.32. The number of aliphatic carboxylic acids is 3. The van der Waals surface area contributed by atoms with Gasteiger partial charge in [-0.15, -0.1) is 0 Å². The minimum Gasteiger partial charge on any atom is -0.481 e. The van der Waals surface area contributed by atoms with E-state index in [1.165, 1.54) is 28.4 Å². The number of H-pyrrole nitrogens is 1. The first kappa shape index (κ1) is 129. The quantitative estimate of drug-likeness (QED) is 0.00866. The molecule has 0 bridgehead atoms. The van der Waals surface area contributed by atoms with Crippen LogP contribution in [-0.2, 0) is 95.9 Å². The standard InChI is InChI=1S/C22H33NO3.C19H29NO3.C14H22N2O4.C13H20N2.C13H21N.C13H18O2.C12H17NO2.C9H18O2.CO2/c1-15(2)12-18(19(24)22(6)14-26-22)23-20(25)17(21(3,4)5)13-16-10-8-7-9-11-16;1-13(2)11-15(19(3,4)5)17(21)20-16(18(22)23)12-14-9-7-6-8-10-14;1-8-7-16(13(19)15-12(8)18)11-5-9(17)10(20-11)6-14(2,3)4;1-10(14)15-12-7-5-11(6-8-12)9-13(2,3)4;1-5-11(13(2,3)4)10-12-8-6-7-9-14-12;1-13(2,3)11(12(14)15)9-10-7-5-4-6-8-10;1-12(2,3)11(15-9-14)8-10-6-4-5-7-13-10;1-6(2)7(8(10)11)9(3,4)5;2-1-3/h7-11,15,17-18H,12-14H2,1-6H3,(H,23,25);6-10,13,15-16H,11-12H2,1-5H3,(H,20,21)(H,22,23);7,9-11,17H,5-6H2,1-4H3,(H,15,18,19);5-8H,9H2,1-4H3,(H2,14,15);6-9,11H,5,10H2,1-4H3;4-8,11H,9H2,1-3H3,(H,14,15);4-7,9,11H,8H2,1-3H3;6-7H,1-5H3,(H,10,11);. The van der Waals surface area contributed by atoms with Crippen molar-refractivity contribution in [3.8, 4) is 0 Å². The summed E-state index contributed by atoms with van der Waals surface area (Å²) in [6, 6.07) is 47.9. The van der Waals surface area contributed by atoms with Gasteiger partial charge in [-0.1, -0.05) is 336 Å². The number of rotatable bonds is 31. The van der Waals surface area contributed by atoms with E-state index in [4.69, 9.17) is 34.6 Å². The monoisotopic (exact) mass is 1970 g/mol. The van der Waals surface area contributed by atoms with Gasteiger partial charge >= 0.3 is 29.7 Å². The van der Waals surface area contributed by atoms with Crippen LogP contribution in [0.2, 0.25) is 0 Å². The second-order valence-electron chi connectivity index (χ2n) is 47.7. The SMILES string of the molecule is CC(C)(C)C(Cc1ccccc1)C(=O)O.CC(C)(C)C(Cc1ccccn1)OC=O.CC(C)C(C(=O)O)C(C)(C)C.CC(C)CC(C(=O)NC(Cc1ccccc1)C(=O)O)C(C)(C)C.CC(C)CC(NC(=O)C(Cc1ccccc1)C(C)(C)C)C(=O)C1(C)CO1.CC(N)=Nc1ccc(CC(C)(C)C)cc1.CCC(Cc1ccccn1)C(C)(C)C.Cc1cn(C2CC(O)C(CC(C)(C)C)O2)c(=O)[nH]c1=O.O=C=O. The number of aliphatic hydroxyl groups excluding tert-OH is 1. The molecule has 4 aromatic carbocycles. The number of carbonyl (C=O) groups excluding carboxylic acids is 6. The number of aromatic nitrogens is 4. The first-order valence-corrected chi connectivity index (χ1v) is 49.9. The molecule has 9 N–H and O–H groups in total. The number of aliphatic imine (C=N–C) groups is 1. The zero-order valence-corrected chi connectivity index (χ0v) is 92.2. The number of carboxylic acids is 3. The molecule has 0 spiro atoms. The lowest BCUT2D eigenvalue weighted by molar-refractivity contribution is -0.192. The molecule has 2 aliphatic rings. The van der Waals surface area contributed by atoms with Gasteiger partial charge in [-0.05, 0) is 191 Å². The summed E-state index contributed by atoms with van der Waals surface area (Å²) in [4.78, 5) is 137. The van der Waals surface area contributed by atoms with Gasteiger partial charge in [0, 0.05) is 66.6 Å². The van der Waals surface area contributed by atoms with Crippen LogP contribution >= 0.6 is 0 Å². The minimum absolute atomic E-state index is 0.00748. The summed E-state index contributed by atoms with van der Waals surface area (Å²) in [5.41, 5.74) is 11.8. The van der Waals surface area contributed by atoms with E-state index in [0.717, 1.165) is 53.3 Å². The number of ether oxygens (including phenoxy) is 3. The number of Topliss-reactive ketones (excluding diaryl/α,β-unsaturated/α-hetero) is 1. The Morgan fingerprint density at radius 1 is 0.556 bits per heavy atom. The van der Waals surface area contributed by atoms with E-state index in [0.29, 0.717) is 92.1 Å². The van der Waals surface area contributed by atoms with Crippen molar-refractivity contribution in [1.82, 2.24) is 30.2 Å². The Morgan fingerprint density at radius 3 is 1.33 bits per heavy atom. The molecule has 3 aromatic heterocycles. The number of aryl methyl sites for hydroxylation is 1. The van der Waals surface area contributed by atoms with Crippen molar-refractivity contribution in [2.24, 2.45) is 101 Å². The maximum absolute atomic E-state index is 13.1. The summed E-state index contributed by atoms with van der Waals surface area (Å²) in [6.07, 6.45) is 11.9. The lowest BCUT2D eigenvalue weighted by Crippen LogP contribution is -2.50. The van der Waals surface area contributed by atoms with Crippen molar-refractivity contribution in [3.63, 3.8) is 0 Å². The summed E-state index contributed by atoms with van der Waals surface area (Å²) < 4.78 is 17.6. The average Bonchev–Trinajstić information content (AvgIpc) is 1.64. The van der Waals surface area contributed by atoms with Crippen molar-refractivity contribution in [2.75, 3.05) is 6.61 Å². The number of aliphatic hydroxyl groups is 1. The normalized spacial score (nSPS) is 16.9. The molecule has 0 radical (unpaired) electrons. The Morgan fingerprint density at radius 2 is 0.986 bits per heavy atom. The van der Waals surface area contributed by atoms with Crippen LogP contribution in [0.1, 0.15) is 306 Å². The molecule has 5 heterocycles. The number of ketones is 1. The zero-order chi connectivity index (χ0) is 109. The van der Waals surface area contributed by atoms with Gasteiger partial charge in [-0.3, -0.25) is 53.1 Å². The van der Waals surface area contributed by atoms with E-state index in [9.17, 15) is 58.5 Å². The first-order chi connectivity index (χ1) is 65.3. The summed E-state index contributed by atoms with van der Waals surface area (Å²) >= 11 is 0. The van der Waals surface area contributed by atoms with E-state index >= 15 is 0 Å². The van der Waals surface area contributed by atoms with Gasteiger partial charge in [0.1, 0.15) is 24.0 Å². The average molecular weight is 1970 g/mol. The number of carboxylic acid groups (broad SMARTS) is 3. The molecule has 26 nitrogen and oxygen atoms in total. The predicted molar refractivity (Wildman–Crippen MR) is 568 cm³/mol. The van der Waals surface area contributed by atoms with Crippen LogP contribution in [-0.4, -0.2) is 137 Å². The highest BCUT2D eigenvalue weighted by molar-refractivity contribution is 5.97. The van der Waals surface area contributed by atoms with Crippen LogP contribution in [0, 0.1) is 97.6 Å². The van der Waals surface area contributed by atoms with Crippen LogP contribution < -0.4 is 27.6 Å². The van der Waals surface area contributed by atoms with Crippen molar-refractivity contribution in [1.29, 1.82) is 0 Å². The highest BCUT2D eigenvalue weighted by atomic mass is 16.6. The summed E-state index contributed by atoms with van der Waals surface area (Å²) in [6.45, 7) is 70.7. The molecule has 12 atom stereocenters. The molecule has 2 amide bonds. The zero-order valence-electron chi connectivity index (χ0n) is 92.2. The molecule has 12 unspecified atom stereocenters. The number of carbonyl (C=O) groups is 7. The Balaban J connectivity index is 0.000000818. The third-order valence-corrected chi connectivity index (χ3v) is 24.2. The van der Waals surface area contributed by atoms with Crippen LogP contribution in [0.25, 0.3) is 0 Å². The first-order valence-electron chi connectivity index (χ1n) is 49.9. The van der Waals surface area contributed by atoms with Gasteiger partial charge in [-0.2, -0.15) is 9.59 Å². The topological polar surface area (TPSA) is 409 Å². The van der Waals surface area contributed by atoms with E-state index < -0.39 is 59.2 Å². The Kier molecular flexibility index (Phi) is 54.5. The maximum Gasteiger partial charge on any atom is 0.373 e. The summed E-state index contributed by atoms with van der Waals surface area (Å²) in [5, 5.41) is 43.4. The van der Waals surface area contributed by atoms with Gasteiger partial charge in [0.05, 0.1) is 48.2 Å². The van der Waals surface area contributed by atoms with Crippen molar-refractivity contribution < 1.29 is 77.8 Å². The summed E-state index contributed by atoms with van der Waals surface area (Å²) in [5.74, 6) is -1.42. The van der Waals surface area contributed by atoms with E-state index in [2.05, 4.69) is 173 Å². The number of nitrogens with one attached hydrogen (secondary N) is 3. The van der Waals surface area contributed by atoms with Crippen LogP contribution in [0.5, 0.6) is 0 Å². The highest BCUT2D eigenvalue weighted by Gasteiger charge is 2.51. The predicted octanol–water partition coefficient (Wildman–Crippen LogP) is 22.2. The van der Waals surface area contributed by atoms with Gasteiger partial charge < -0.3 is 51.0 Å².